The van der Waals surface area contributed by atoms with E-state index in [0.29, 0.717) is 0 Å². The minimum atomic E-state index is 0.907. The van der Waals surface area contributed by atoms with Gasteiger partial charge in [0.25, 0.3) is 0 Å². The van der Waals surface area contributed by atoms with Crippen LogP contribution < -0.4 is 4.90 Å². The van der Waals surface area contributed by atoms with Crippen LogP contribution >= 0.6 is 0 Å². The second-order valence-corrected chi connectivity index (χ2v) is 5.48. The number of aryl methyl sites for hydroxylation is 1. The Balaban J connectivity index is 2.16. The van der Waals surface area contributed by atoms with E-state index < -0.39 is 0 Å². The van der Waals surface area contributed by atoms with E-state index in [-0.39, 0.29) is 0 Å². The molecule has 0 aliphatic carbocycles. The van der Waals surface area contributed by atoms with Gasteiger partial charge in [-0.15, -0.1) is 5.10 Å². The molecule has 4 nitrogen and oxygen atoms in total. The molecular weight excluding hydrogens is 272 g/mol. The van der Waals surface area contributed by atoms with Crippen molar-refractivity contribution in [3.63, 3.8) is 0 Å². The standard InChI is InChI=1S/C18H16N4/c1-12-13-8-4-5-9-14(13)18-17(19-20-22(18)3)15-10-6-7-11-16(15)21(12)2/h4-11H,1H2,2-3H3. The van der Waals surface area contributed by atoms with Crippen LogP contribution in [0.1, 0.15) is 5.56 Å². The largest absolute Gasteiger partial charge is 0.344 e. The van der Waals surface area contributed by atoms with Crippen molar-refractivity contribution < 1.29 is 0 Å². The van der Waals surface area contributed by atoms with E-state index in [1.54, 1.807) is 0 Å². The molecule has 2 heterocycles. The molecule has 1 aromatic heterocycles. The Bertz CT molecular complexity index is 892. The van der Waals surface area contributed by atoms with Gasteiger partial charge in [0.15, 0.2) is 0 Å². The third-order valence-electron chi connectivity index (χ3n) is 4.25. The van der Waals surface area contributed by atoms with Gasteiger partial charge in [-0.3, -0.25) is 0 Å². The quantitative estimate of drug-likeness (QED) is 0.634. The molecule has 0 unspecified atom stereocenters. The van der Waals surface area contributed by atoms with E-state index in [0.717, 1.165) is 39.5 Å². The molecule has 108 valence electrons. The molecule has 22 heavy (non-hydrogen) atoms. The molecular formula is C18H16N4. The van der Waals surface area contributed by atoms with Gasteiger partial charge in [0.2, 0.25) is 0 Å². The first-order valence-electron chi connectivity index (χ1n) is 7.20. The van der Waals surface area contributed by atoms with Crippen LogP contribution in [-0.2, 0) is 7.05 Å². The Hall–Kier alpha value is -2.88. The van der Waals surface area contributed by atoms with Crippen molar-refractivity contribution in [1.82, 2.24) is 15.0 Å². The van der Waals surface area contributed by atoms with Crippen molar-refractivity contribution in [2.75, 3.05) is 11.9 Å². The van der Waals surface area contributed by atoms with Crippen LogP contribution in [0.2, 0.25) is 0 Å². The van der Waals surface area contributed by atoms with E-state index in [9.17, 15) is 0 Å². The molecule has 0 spiro atoms. The number of rotatable bonds is 0. The maximum Gasteiger partial charge on any atom is 0.123 e. The third-order valence-corrected chi connectivity index (χ3v) is 4.25. The summed E-state index contributed by atoms with van der Waals surface area (Å²) in [6, 6.07) is 16.5. The minimum absolute atomic E-state index is 0.907. The topological polar surface area (TPSA) is 34.0 Å². The van der Waals surface area contributed by atoms with Crippen molar-refractivity contribution in [2.45, 2.75) is 0 Å². The number of hydrogen-bond donors (Lipinski definition) is 0. The van der Waals surface area contributed by atoms with E-state index in [1.165, 1.54) is 0 Å². The van der Waals surface area contributed by atoms with Gasteiger partial charge in [0.1, 0.15) is 5.69 Å². The van der Waals surface area contributed by atoms with Crippen LogP contribution in [-0.4, -0.2) is 22.0 Å². The molecule has 0 bridgehead atoms. The van der Waals surface area contributed by atoms with Gasteiger partial charge in [-0.05, 0) is 6.07 Å². The number of nitrogens with zero attached hydrogens (tertiary/aromatic N) is 4. The predicted octanol–water partition coefficient (Wildman–Crippen LogP) is 3.57. The Morgan fingerprint density at radius 1 is 0.864 bits per heavy atom. The molecule has 3 aromatic rings. The Morgan fingerprint density at radius 3 is 2.27 bits per heavy atom. The van der Waals surface area contributed by atoms with E-state index >= 15 is 0 Å². The molecule has 2 aromatic carbocycles. The van der Waals surface area contributed by atoms with Crippen molar-refractivity contribution >= 4 is 11.4 Å². The first-order chi connectivity index (χ1) is 10.7. The molecule has 0 N–H and O–H groups in total. The fourth-order valence-electron chi connectivity index (χ4n) is 3.07. The first kappa shape index (κ1) is 12.8. The summed E-state index contributed by atoms with van der Waals surface area (Å²) in [4.78, 5) is 2.12. The summed E-state index contributed by atoms with van der Waals surface area (Å²) < 4.78 is 1.84. The molecule has 0 saturated carbocycles. The first-order valence-corrected chi connectivity index (χ1v) is 7.20. The van der Waals surface area contributed by atoms with Crippen LogP contribution in [0.3, 0.4) is 0 Å². The maximum atomic E-state index is 4.41. The molecule has 0 saturated heterocycles. The zero-order chi connectivity index (χ0) is 15.3. The van der Waals surface area contributed by atoms with E-state index in [1.807, 2.05) is 43.0 Å². The van der Waals surface area contributed by atoms with Crippen molar-refractivity contribution in [3.8, 4) is 22.5 Å². The second-order valence-electron chi connectivity index (χ2n) is 5.48. The molecule has 1 aliphatic rings. The molecule has 4 heteroatoms. The highest BCUT2D eigenvalue weighted by atomic mass is 15.4. The third kappa shape index (κ3) is 1.64. The second kappa shape index (κ2) is 4.56. The van der Waals surface area contributed by atoms with Gasteiger partial charge in [-0.1, -0.05) is 54.3 Å². The fourth-order valence-corrected chi connectivity index (χ4v) is 3.07. The van der Waals surface area contributed by atoms with Crippen LogP contribution in [0, 0.1) is 0 Å². The van der Waals surface area contributed by atoms with E-state index in [2.05, 4.69) is 46.1 Å². The highest BCUT2D eigenvalue weighted by molar-refractivity contribution is 5.97. The van der Waals surface area contributed by atoms with Gasteiger partial charge in [0.05, 0.1) is 11.4 Å². The normalized spacial score (nSPS) is 13.0. The number of aromatic nitrogens is 3. The zero-order valence-corrected chi connectivity index (χ0v) is 12.6. The summed E-state index contributed by atoms with van der Waals surface area (Å²) >= 11 is 0. The van der Waals surface area contributed by atoms with Crippen LogP contribution in [0.4, 0.5) is 5.69 Å². The number of para-hydroxylation sites is 1. The van der Waals surface area contributed by atoms with Crippen LogP contribution in [0.25, 0.3) is 28.2 Å². The van der Waals surface area contributed by atoms with Crippen molar-refractivity contribution in [2.24, 2.45) is 7.05 Å². The maximum absolute atomic E-state index is 4.41. The summed E-state index contributed by atoms with van der Waals surface area (Å²) in [6.07, 6.45) is 0. The number of fused-ring (bicyclic) bond motifs is 5. The van der Waals surface area contributed by atoms with Gasteiger partial charge < -0.3 is 4.90 Å². The molecule has 4 rings (SSSR count). The van der Waals surface area contributed by atoms with Gasteiger partial charge >= 0.3 is 0 Å². The van der Waals surface area contributed by atoms with Gasteiger partial charge in [-0.25, -0.2) is 4.68 Å². The Morgan fingerprint density at radius 2 is 1.50 bits per heavy atom. The average Bonchev–Trinajstić information content (AvgIpc) is 2.94. The predicted molar refractivity (Wildman–Crippen MR) is 89.3 cm³/mol. The summed E-state index contributed by atoms with van der Waals surface area (Å²) in [5, 5.41) is 8.66. The van der Waals surface area contributed by atoms with Crippen LogP contribution in [0.5, 0.6) is 0 Å². The Labute approximate surface area is 129 Å². The minimum Gasteiger partial charge on any atom is -0.344 e. The molecule has 0 fully saturated rings. The highest BCUT2D eigenvalue weighted by Gasteiger charge is 2.25. The molecule has 0 atom stereocenters. The van der Waals surface area contributed by atoms with Gasteiger partial charge in [0, 0.05) is 36.5 Å². The molecule has 0 amide bonds. The SMILES string of the molecule is C=C1c2ccccc2-c2c(nnn2C)-c2ccccc2N1C. The lowest BCUT2D eigenvalue weighted by Crippen LogP contribution is -2.17. The van der Waals surface area contributed by atoms with Crippen LogP contribution in [0.15, 0.2) is 55.1 Å². The van der Waals surface area contributed by atoms with Gasteiger partial charge in [-0.2, -0.15) is 0 Å². The lowest BCUT2D eigenvalue weighted by molar-refractivity contribution is 0.721. The average molecular weight is 288 g/mol. The lowest BCUT2D eigenvalue weighted by Gasteiger charge is -2.28. The van der Waals surface area contributed by atoms with E-state index in [4.69, 9.17) is 0 Å². The summed E-state index contributed by atoms with van der Waals surface area (Å²) in [5.41, 5.74) is 7.27. The summed E-state index contributed by atoms with van der Waals surface area (Å²) in [7, 11) is 3.97. The highest BCUT2D eigenvalue weighted by Crippen LogP contribution is 2.42. The smallest absolute Gasteiger partial charge is 0.123 e. The summed E-state index contributed by atoms with van der Waals surface area (Å²) in [5.74, 6) is 0. The Kier molecular flexibility index (Phi) is 2.66. The zero-order valence-electron chi connectivity index (χ0n) is 12.6. The fraction of sp³-hybridized carbons (Fsp3) is 0.111. The van der Waals surface area contributed by atoms with Crippen molar-refractivity contribution in [3.05, 3.63) is 60.7 Å². The monoisotopic (exact) mass is 288 g/mol. The number of hydrogen-bond acceptors (Lipinski definition) is 3. The molecule has 0 radical (unpaired) electrons. The lowest BCUT2D eigenvalue weighted by atomic mass is 9.94. The number of anilines is 1. The summed E-state index contributed by atoms with van der Waals surface area (Å²) in [6.45, 7) is 4.30. The number of benzene rings is 2. The molecule has 1 aliphatic heterocycles. The van der Waals surface area contributed by atoms with Crippen molar-refractivity contribution in [1.29, 1.82) is 0 Å².